The standard InChI is InChI=1S/C16H16S/c1-2-9-16(14-10-5-3-6-11-14)17-15-12-7-4-8-13-15/h2-8,10-13,16H,1,9H2/t16-/m1/s1. The summed E-state index contributed by atoms with van der Waals surface area (Å²) < 4.78 is 0. The largest absolute Gasteiger partial charge is 0.118 e. The predicted octanol–water partition coefficient (Wildman–Crippen LogP) is 5.10. The fourth-order valence-electron chi connectivity index (χ4n) is 1.73. The number of rotatable bonds is 5. The molecule has 0 radical (unpaired) electrons. The summed E-state index contributed by atoms with van der Waals surface area (Å²) in [5, 5.41) is 0.455. The lowest BCUT2D eigenvalue weighted by molar-refractivity contribution is 0.971. The van der Waals surface area contributed by atoms with E-state index in [1.165, 1.54) is 10.5 Å². The molecule has 0 aromatic heterocycles. The molecule has 1 heteroatoms. The molecule has 2 rings (SSSR count). The van der Waals surface area contributed by atoms with Crippen LogP contribution in [0.15, 0.2) is 78.2 Å². The predicted molar refractivity (Wildman–Crippen MR) is 76.3 cm³/mol. The molecular weight excluding hydrogens is 224 g/mol. The van der Waals surface area contributed by atoms with Gasteiger partial charge >= 0.3 is 0 Å². The molecule has 2 aromatic rings. The van der Waals surface area contributed by atoms with Crippen LogP contribution in [0, 0.1) is 0 Å². The van der Waals surface area contributed by atoms with Gasteiger partial charge in [0.1, 0.15) is 0 Å². The topological polar surface area (TPSA) is 0 Å². The summed E-state index contributed by atoms with van der Waals surface area (Å²) in [6.45, 7) is 3.85. The van der Waals surface area contributed by atoms with Crippen LogP contribution in [-0.2, 0) is 0 Å². The van der Waals surface area contributed by atoms with Gasteiger partial charge in [-0.3, -0.25) is 0 Å². The molecule has 0 saturated carbocycles. The zero-order valence-corrected chi connectivity index (χ0v) is 10.6. The first-order chi connectivity index (χ1) is 8.40. The summed E-state index contributed by atoms with van der Waals surface area (Å²) in [6.07, 6.45) is 2.98. The lowest BCUT2D eigenvalue weighted by atomic mass is 10.1. The van der Waals surface area contributed by atoms with Gasteiger partial charge in [-0.25, -0.2) is 0 Å². The average Bonchev–Trinajstić information content (AvgIpc) is 2.40. The van der Waals surface area contributed by atoms with Crippen molar-refractivity contribution in [3.63, 3.8) is 0 Å². The van der Waals surface area contributed by atoms with Crippen molar-refractivity contribution in [3.05, 3.63) is 78.9 Å². The Morgan fingerprint density at radius 2 is 1.53 bits per heavy atom. The van der Waals surface area contributed by atoms with Gasteiger partial charge in [-0.2, -0.15) is 0 Å². The summed E-state index contributed by atoms with van der Waals surface area (Å²) in [4.78, 5) is 1.31. The number of thioether (sulfide) groups is 1. The molecule has 0 bridgehead atoms. The molecule has 17 heavy (non-hydrogen) atoms. The maximum absolute atomic E-state index is 3.85. The zero-order valence-electron chi connectivity index (χ0n) is 9.75. The van der Waals surface area contributed by atoms with Crippen LogP contribution in [0.4, 0.5) is 0 Å². The van der Waals surface area contributed by atoms with E-state index in [-0.39, 0.29) is 0 Å². The minimum Gasteiger partial charge on any atom is -0.118 e. The van der Waals surface area contributed by atoms with Gasteiger partial charge < -0.3 is 0 Å². The van der Waals surface area contributed by atoms with Gasteiger partial charge in [-0.05, 0) is 24.1 Å². The van der Waals surface area contributed by atoms with Gasteiger partial charge in [0.25, 0.3) is 0 Å². The quantitative estimate of drug-likeness (QED) is 0.518. The van der Waals surface area contributed by atoms with Crippen molar-refractivity contribution < 1.29 is 0 Å². The van der Waals surface area contributed by atoms with Crippen LogP contribution in [0.2, 0.25) is 0 Å². The van der Waals surface area contributed by atoms with E-state index in [0.29, 0.717) is 5.25 Å². The van der Waals surface area contributed by atoms with E-state index in [0.717, 1.165) is 6.42 Å². The lowest BCUT2D eigenvalue weighted by Crippen LogP contribution is -1.92. The van der Waals surface area contributed by atoms with Crippen molar-refractivity contribution in [1.29, 1.82) is 0 Å². The Labute approximate surface area is 107 Å². The van der Waals surface area contributed by atoms with Crippen molar-refractivity contribution in [2.75, 3.05) is 0 Å². The monoisotopic (exact) mass is 240 g/mol. The Balaban J connectivity index is 2.16. The second-order valence-corrected chi connectivity index (χ2v) is 5.13. The van der Waals surface area contributed by atoms with Crippen LogP contribution in [0.5, 0.6) is 0 Å². The van der Waals surface area contributed by atoms with E-state index in [2.05, 4.69) is 67.2 Å². The summed E-state index contributed by atoms with van der Waals surface area (Å²) in [7, 11) is 0. The van der Waals surface area contributed by atoms with Crippen LogP contribution in [-0.4, -0.2) is 0 Å². The van der Waals surface area contributed by atoms with Crippen molar-refractivity contribution in [1.82, 2.24) is 0 Å². The minimum atomic E-state index is 0.455. The first kappa shape index (κ1) is 12.0. The summed E-state index contributed by atoms with van der Waals surface area (Å²) >= 11 is 1.90. The third-order valence-electron chi connectivity index (χ3n) is 2.57. The Hall–Kier alpha value is -1.47. The van der Waals surface area contributed by atoms with Gasteiger partial charge in [-0.1, -0.05) is 54.6 Å². The highest BCUT2D eigenvalue weighted by Crippen LogP contribution is 2.37. The zero-order chi connectivity index (χ0) is 11.9. The maximum Gasteiger partial charge on any atom is 0.0378 e. The molecule has 0 saturated heterocycles. The molecular formula is C16H16S. The first-order valence-electron chi connectivity index (χ1n) is 5.77. The molecule has 1 atom stereocenters. The molecule has 0 unspecified atom stereocenters. The van der Waals surface area contributed by atoms with Gasteiger partial charge in [-0.15, -0.1) is 18.3 Å². The van der Waals surface area contributed by atoms with Crippen molar-refractivity contribution in [3.8, 4) is 0 Å². The van der Waals surface area contributed by atoms with Crippen LogP contribution >= 0.6 is 11.8 Å². The molecule has 0 N–H and O–H groups in total. The van der Waals surface area contributed by atoms with E-state index in [9.17, 15) is 0 Å². The number of hydrogen-bond donors (Lipinski definition) is 0. The molecule has 0 aliphatic rings. The highest BCUT2D eigenvalue weighted by Gasteiger charge is 2.10. The van der Waals surface area contributed by atoms with Crippen molar-refractivity contribution >= 4 is 11.8 Å². The molecule has 0 heterocycles. The average molecular weight is 240 g/mol. The summed E-state index contributed by atoms with van der Waals surface area (Å²) in [5.74, 6) is 0. The second-order valence-electron chi connectivity index (χ2n) is 3.85. The SMILES string of the molecule is C=CC[C@@H](Sc1ccccc1)c1ccccc1. The smallest absolute Gasteiger partial charge is 0.0378 e. The molecule has 0 aliphatic heterocycles. The van der Waals surface area contributed by atoms with E-state index in [1.54, 1.807) is 0 Å². The Morgan fingerprint density at radius 3 is 2.12 bits per heavy atom. The fourth-order valence-corrected chi connectivity index (χ4v) is 2.90. The molecule has 0 amide bonds. The van der Waals surface area contributed by atoms with Crippen molar-refractivity contribution in [2.45, 2.75) is 16.6 Å². The number of hydrogen-bond acceptors (Lipinski definition) is 1. The number of allylic oxidation sites excluding steroid dienone is 1. The van der Waals surface area contributed by atoms with Crippen molar-refractivity contribution in [2.24, 2.45) is 0 Å². The summed E-state index contributed by atoms with van der Waals surface area (Å²) in [5.41, 5.74) is 1.36. The highest BCUT2D eigenvalue weighted by atomic mass is 32.2. The van der Waals surface area contributed by atoms with Crippen LogP contribution < -0.4 is 0 Å². The normalized spacial score (nSPS) is 12.0. The Bertz CT molecular complexity index is 447. The van der Waals surface area contributed by atoms with Gasteiger partial charge in [0, 0.05) is 10.1 Å². The Kier molecular flexibility index (Phi) is 4.45. The molecule has 0 spiro atoms. The van der Waals surface area contributed by atoms with Gasteiger partial charge in [0.05, 0.1) is 0 Å². The third-order valence-corrected chi connectivity index (χ3v) is 3.87. The molecule has 86 valence electrons. The van der Waals surface area contributed by atoms with E-state index < -0.39 is 0 Å². The van der Waals surface area contributed by atoms with Crippen LogP contribution in [0.1, 0.15) is 17.2 Å². The molecule has 0 fully saturated rings. The van der Waals surface area contributed by atoms with Gasteiger partial charge in [0.15, 0.2) is 0 Å². The number of benzene rings is 2. The first-order valence-corrected chi connectivity index (χ1v) is 6.65. The third kappa shape index (κ3) is 3.50. The van der Waals surface area contributed by atoms with Crippen LogP contribution in [0.3, 0.4) is 0 Å². The van der Waals surface area contributed by atoms with Crippen LogP contribution in [0.25, 0.3) is 0 Å². The summed E-state index contributed by atoms with van der Waals surface area (Å²) in [6, 6.07) is 21.1. The second kappa shape index (κ2) is 6.31. The molecule has 2 aromatic carbocycles. The molecule has 0 nitrogen and oxygen atoms in total. The van der Waals surface area contributed by atoms with E-state index in [4.69, 9.17) is 0 Å². The van der Waals surface area contributed by atoms with E-state index in [1.807, 2.05) is 17.8 Å². The maximum atomic E-state index is 3.85. The molecule has 0 aliphatic carbocycles. The highest BCUT2D eigenvalue weighted by molar-refractivity contribution is 7.99. The lowest BCUT2D eigenvalue weighted by Gasteiger charge is -2.15. The minimum absolute atomic E-state index is 0.455. The fraction of sp³-hybridized carbons (Fsp3) is 0.125. The van der Waals surface area contributed by atoms with E-state index >= 15 is 0 Å². The van der Waals surface area contributed by atoms with Gasteiger partial charge in [0.2, 0.25) is 0 Å². The Morgan fingerprint density at radius 1 is 0.941 bits per heavy atom.